The molecule has 1 fully saturated rings. The van der Waals surface area contributed by atoms with E-state index in [4.69, 9.17) is 5.73 Å². The fraction of sp³-hybridized carbons (Fsp3) is 0.538. The van der Waals surface area contributed by atoms with Crippen LogP contribution in [0.15, 0.2) is 24.3 Å². The van der Waals surface area contributed by atoms with Crippen LogP contribution in [0.1, 0.15) is 18.9 Å². The fourth-order valence-electron chi connectivity index (χ4n) is 2.10. The normalized spacial score (nSPS) is 23.3. The summed E-state index contributed by atoms with van der Waals surface area (Å²) in [7, 11) is -1.57. The average Bonchev–Trinajstić information content (AvgIpc) is 2.93. The van der Waals surface area contributed by atoms with E-state index in [0.717, 1.165) is 12.0 Å². The largest absolute Gasteiger partial charge is 0.399 e. The van der Waals surface area contributed by atoms with Crippen LogP contribution in [0, 0.1) is 11.8 Å². The topological polar surface area (TPSA) is 63.4 Å². The van der Waals surface area contributed by atoms with E-state index >= 15 is 0 Å². The molecule has 1 aromatic rings. The average molecular weight is 268 g/mol. The third-order valence-electron chi connectivity index (χ3n) is 3.54. The lowest BCUT2D eigenvalue weighted by Gasteiger charge is -2.17. The van der Waals surface area contributed by atoms with Crippen LogP contribution in [0.3, 0.4) is 0 Å². The quantitative estimate of drug-likeness (QED) is 0.826. The molecule has 1 aliphatic carbocycles. The fourth-order valence-corrected chi connectivity index (χ4v) is 3.34. The van der Waals surface area contributed by atoms with Gasteiger partial charge in [-0.25, -0.2) is 12.7 Å². The Bertz CT molecular complexity index is 528. The second-order valence-electron chi connectivity index (χ2n) is 5.25. The van der Waals surface area contributed by atoms with Gasteiger partial charge >= 0.3 is 0 Å². The summed E-state index contributed by atoms with van der Waals surface area (Å²) in [4.78, 5) is 0. The number of hydrogen-bond donors (Lipinski definition) is 1. The number of nitrogens with zero attached hydrogens (tertiary/aromatic N) is 1. The number of nitrogens with two attached hydrogens (primary N) is 1. The zero-order chi connectivity index (χ0) is 13.3. The van der Waals surface area contributed by atoms with Gasteiger partial charge in [-0.15, -0.1) is 0 Å². The number of benzene rings is 1. The minimum atomic E-state index is -3.23. The molecule has 2 N–H and O–H groups in total. The number of hydrogen-bond acceptors (Lipinski definition) is 3. The highest BCUT2D eigenvalue weighted by atomic mass is 32.2. The molecule has 0 spiro atoms. The van der Waals surface area contributed by atoms with Gasteiger partial charge < -0.3 is 5.73 Å². The highest BCUT2D eigenvalue weighted by molar-refractivity contribution is 7.88. The third kappa shape index (κ3) is 3.23. The van der Waals surface area contributed by atoms with Crippen LogP contribution in [-0.4, -0.2) is 26.3 Å². The number of sulfonamides is 1. The molecule has 2 atom stereocenters. The zero-order valence-electron chi connectivity index (χ0n) is 10.8. The van der Waals surface area contributed by atoms with Gasteiger partial charge in [-0.2, -0.15) is 0 Å². The lowest BCUT2D eigenvalue weighted by Crippen LogP contribution is -2.30. The third-order valence-corrected chi connectivity index (χ3v) is 5.34. The summed E-state index contributed by atoms with van der Waals surface area (Å²) in [5.41, 5.74) is 6.99. The van der Waals surface area contributed by atoms with E-state index in [2.05, 4.69) is 6.92 Å². The van der Waals surface area contributed by atoms with Crippen molar-refractivity contribution < 1.29 is 8.42 Å². The minimum Gasteiger partial charge on any atom is -0.399 e. The van der Waals surface area contributed by atoms with Gasteiger partial charge in [0.2, 0.25) is 10.0 Å². The van der Waals surface area contributed by atoms with Gasteiger partial charge in [0.1, 0.15) is 0 Å². The molecule has 18 heavy (non-hydrogen) atoms. The molecule has 100 valence electrons. The second-order valence-corrected chi connectivity index (χ2v) is 7.33. The highest BCUT2D eigenvalue weighted by Gasteiger charge is 2.35. The van der Waals surface area contributed by atoms with Crippen molar-refractivity contribution in [1.82, 2.24) is 4.31 Å². The monoisotopic (exact) mass is 268 g/mol. The zero-order valence-corrected chi connectivity index (χ0v) is 11.7. The van der Waals surface area contributed by atoms with E-state index in [1.165, 1.54) is 4.31 Å². The van der Waals surface area contributed by atoms with E-state index < -0.39 is 10.0 Å². The van der Waals surface area contributed by atoms with Crippen molar-refractivity contribution in [3.05, 3.63) is 29.8 Å². The standard InChI is InChI=1S/C13H20N2O2S/c1-10-6-12(10)8-15(2)18(16,17)9-11-4-3-5-13(14)7-11/h3-5,7,10,12H,6,8-9,14H2,1-2H3. The Hall–Kier alpha value is -1.07. The van der Waals surface area contributed by atoms with E-state index in [-0.39, 0.29) is 5.75 Å². The molecule has 0 aliphatic heterocycles. The highest BCUT2D eigenvalue weighted by Crippen LogP contribution is 2.38. The Morgan fingerprint density at radius 3 is 2.67 bits per heavy atom. The lowest BCUT2D eigenvalue weighted by atomic mass is 10.2. The van der Waals surface area contributed by atoms with Crippen molar-refractivity contribution in [3.8, 4) is 0 Å². The predicted octanol–water partition coefficient (Wildman–Crippen LogP) is 1.69. The lowest BCUT2D eigenvalue weighted by molar-refractivity contribution is 0.444. The van der Waals surface area contributed by atoms with Crippen molar-refractivity contribution in [2.45, 2.75) is 19.1 Å². The maximum absolute atomic E-state index is 12.2. The predicted molar refractivity (Wildman–Crippen MR) is 73.4 cm³/mol. The van der Waals surface area contributed by atoms with Crippen LogP contribution in [0.5, 0.6) is 0 Å². The molecule has 0 aromatic heterocycles. The van der Waals surface area contributed by atoms with Gasteiger partial charge in [-0.1, -0.05) is 19.1 Å². The SMILES string of the molecule is CC1CC1CN(C)S(=O)(=O)Cc1cccc(N)c1. The molecule has 2 unspecified atom stereocenters. The summed E-state index contributed by atoms with van der Waals surface area (Å²) in [6, 6.07) is 7.04. The van der Waals surface area contributed by atoms with Crippen LogP contribution in [0.2, 0.25) is 0 Å². The second kappa shape index (κ2) is 4.90. The molecule has 0 saturated heterocycles. The van der Waals surface area contributed by atoms with Gasteiger partial charge in [0.15, 0.2) is 0 Å². The Morgan fingerprint density at radius 2 is 2.11 bits per heavy atom. The summed E-state index contributed by atoms with van der Waals surface area (Å²) in [5.74, 6) is 1.22. The molecule has 0 heterocycles. The van der Waals surface area contributed by atoms with Crippen LogP contribution >= 0.6 is 0 Å². The Labute approximate surface area is 109 Å². The Morgan fingerprint density at radius 1 is 1.44 bits per heavy atom. The first kappa shape index (κ1) is 13.4. The maximum atomic E-state index is 12.2. The van der Waals surface area contributed by atoms with E-state index in [0.29, 0.717) is 24.1 Å². The minimum absolute atomic E-state index is 0.0235. The maximum Gasteiger partial charge on any atom is 0.218 e. The van der Waals surface area contributed by atoms with Crippen LogP contribution in [0.25, 0.3) is 0 Å². The molecular formula is C13H20N2O2S. The molecular weight excluding hydrogens is 248 g/mol. The van der Waals surface area contributed by atoms with Crippen molar-refractivity contribution in [3.63, 3.8) is 0 Å². The summed E-state index contributed by atoms with van der Waals surface area (Å²) in [6.07, 6.45) is 1.14. The number of anilines is 1. The smallest absolute Gasteiger partial charge is 0.218 e. The van der Waals surface area contributed by atoms with Crippen LogP contribution in [-0.2, 0) is 15.8 Å². The molecule has 5 heteroatoms. The van der Waals surface area contributed by atoms with Gasteiger partial charge in [-0.3, -0.25) is 0 Å². The van der Waals surface area contributed by atoms with Crippen molar-refractivity contribution >= 4 is 15.7 Å². The summed E-state index contributed by atoms with van der Waals surface area (Å²) in [6.45, 7) is 2.79. The summed E-state index contributed by atoms with van der Waals surface area (Å²) in [5, 5.41) is 0. The molecule has 0 amide bonds. The van der Waals surface area contributed by atoms with Crippen molar-refractivity contribution in [1.29, 1.82) is 0 Å². The molecule has 1 aliphatic rings. The Balaban J connectivity index is 2.02. The van der Waals surface area contributed by atoms with E-state index in [9.17, 15) is 8.42 Å². The van der Waals surface area contributed by atoms with Gasteiger partial charge in [0.05, 0.1) is 5.75 Å². The summed E-state index contributed by atoms with van der Waals surface area (Å²) >= 11 is 0. The molecule has 0 bridgehead atoms. The molecule has 1 saturated carbocycles. The molecule has 0 radical (unpaired) electrons. The summed E-state index contributed by atoms with van der Waals surface area (Å²) < 4.78 is 25.8. The molecule has 4 nitrogen and oxygen atoms in total. The van der Waals surface area contributed by atoms with E-state index in [1.807, 2.05) is 0 Å². The van der Waals surface area contributed by atoms with Crippen LogP contribution in [0.4, 0.5) is 5.69 Å². The van der Waals surface area contributed by atoms with Crippen molar-refractivity contribution in [2.75, 3.05) is 19.3 Å². The van der Waals surface area contributed by atoms with Crippen molar-refractivity contribution in [2.24, 2.45) is 11.8 Å². The van der Waals surface area contributed by atoms with Gasteiger partial charge in [0.25, 0.3) is 0 Å². The first-order valence-corrected chi connectivity index (χ1v) is 7.78. The molecule has 2 rings (SSSR count). The van der Waals surface area contributed by atoms with Gasteiger partial charge in [-0.05, 0) is 36.0 Å². The van der Waals surface area contributed by atoms with Crippen LogP contribution < -0.4 is 5.73 Å². The first-order chi connectivity index (χ1) is 8.38. The molecule has 1 aromatic carbocycles. The van der Waals surface area contributed by atoms with Gasteiger partial charge in [0, 0.05) is 19.3 Å². The Kier molecular flexibility index (Phi) is 3.64. The van der Waals surface area contributed by atoms with E-state index in [1.54, 1.807) is 31.3 Å². The first-order valence-electron chi connectivity index (χ1n) is 6.17. The number of nitrogen functional groups attached to an aromatic ring is 1. The number of rotatable bonds is 5.